The Morgan fingerprint density at radius 3 is 2.55 bits per heavy atom. The summed E-state index contributed by atoms with van der Waals surface area (Å²) in [7, 11) is -4.47. The lowest BCUT2D eigenvalue weighted by atomic mass is 10.2. The smallest absolute Gasteiger partial charge is 0.324 e. The summed E-state index contributed by atoms with van der Waals surface area (Å²) in [4.78, 5) is 10.2. The van der Waals surface area contributed by atoms with E-state index in [1.807, 2.05) is 0 Å². The summed E-state index contributed by atoms with van der Waals surface area (Å²) in [6.07, 6.45) is -1.51. The van der Waals surface area contributed by atoms with Crippen LogP contribution >= 0.6 is 0 Å². The molecule has 7 nitrogen and oxygen atoms in total. The number of rotatable bonds is 5. The van der Waals surface area contributed by atoms with E-state index in [9.17, 15) is 22.7 Å². The van der Waals surface area contributed by atoms with Crippen LogP contribution in [0.25, 0.3) is 0 Å². The minimum Gasteiger partial charge on any atom is -0.480 e. The van der Waals surface area contributed by atoms with E-state index in [4.69, 9.17) is 10.4 Å². The van der Waals surface area contributed by atoms with Gasteiger partial charge in [0.1, 0.15) is 28.4 Å². The lowest BCUT2D eigenvalue weighted by Gasteiger charge is -2.17. The molecule has 0 saturated heterocycles. The number of carboxylic acids is 1. The molecule has 9 heteroatoms. The number of nitrogens with zero attached hydrogens (tertiary/aromatic N) is 1. The number of aliphatic hydroxyl groups is 1. The molecule has 20 heavy (non-hydrogen) atoms. The summed E-state index contributed by atoms with van der Waals surface area (Å²) < 4.78 is 39.0. The second-order valence-electron chi connectivity index (χ2n) is 3.90. The van der Waals surface area contributed by atoms with Gasteiger partial charge in [-0.05, 0) is 19.1 Å². The van der Waals surface area contributed by atoms with Crippen molar-refractivity contribution in [1.29, 1.82) is 5.26 Å². The van der Waals surface area contributed by atoms with Crippen molar-refractivity contribution < 1.29 is 27.8 Å². The van der Waals surface area contributed by atoms with Crippen LogP contribution in [0.2, 0.25) is 0 Å². The topological polar surface area (TPSA) is 127 Å². The van der Waals surface area contributed by atoms with Crippen molar-refractivity contribution in [2.75, 3.05) is 0 Å². The van der Waals surface area contributed by atoms with E-state index in [0.29, 0.717) is 0 Å². The maximum atomic E-state index is 13.4. The van der Waals surface area contributed by atoms with Crippen molar-refractivity contribution in [3.8, 4) is 6.07 Å². The van der Waals surface area contributed by atoms with Crippen LogP contribution < -0.4 is 4.72 Å². The predicted octanol–water partition coefficient (Wildman–Crippen LogP) is -0.190. The standard InChI is InChI=1S/C11H11FN2O5S/c1-6(15)10(11(16)17)14-20(18,19)9-4-2-3-8(12)7(9)5-13/h2-4,6,10,14-15H,1H3,(H,16,17)/t6-,10+/m1/s1. The molecule has 0 aliphatic heterocycles. The third kappa shape index (κ3) is 3.30. The Morgan fingerprint density at radius 2 is 2.10 bits per heavy atom. The third-order valence-electron chi connectivity index (χ3n) is 2.41. The number of carboxylic acid groups (broad SMARTS) is 1. The van der Waals surface area contributed by atoms with Crippen LogP contribution in [0, 0.1) is 17.1 Å². The number of nitriles is 1. The summed E-state index contributed by atoms with van der Waals surface area (Å²) >= 11 is 0. The van der Waals surface area contributed by atoms with Crippen LogP contribution in [0.5, 0.6) is 0 Å². The molecule has 0 aliphatic rings. The maximum absolute atomic E-state index is 13.4. The molecular formula is C11H11FN2O5S. The SMILES string of the molecule is C[C@@H](O)[C@H](NS(=O)(=O)c1cccc(F)c1C#N)C(=O)O. The van der Waals surface area contributed by atoms with Crippen molar-refractivity contribution in [1.82, 2.24) is 4.72 Å². The Kier molecular flexibility index (Phi) is 4.78. The number of halogens is 1. The molecule has 0 bridgehead atoms. The van der Waals surface area contributed by atoms with Crippen LogP contribution in [0.3, 0.4) is 0 Å². The quantitative estimate of drug-likeness (QED) is 0.691. The first kappa shape index (κ1) is 16.0. The van der Waals surface area contributed by atoms with Gasteiger partial charge in [0.15, 0.2) is 0 Å². The second-order valence-corrected chi connectivity index (χ2v) is 5.58. The molecule has 0 saturated carbocycles. The van der Waals surface area contributed by atoms with Gasteiger partial charge in [-0.3, -0.25) is 4.79 Å². The number of sulfonamides is 1. The highest BCUT2D eigenvalue weighted by Gasteiger charge is 2.31. The normalized spacial score (nSPS) is 14.3. The van der Waals surface area contributed by atoms with Crippen molar-refractivity contribution in [3.05, 3.63) is 29.6 Å². The van der Waals surface area contributed by atoms with Gasteiger partial charge in [-0.1, -0.05) is 6.07 Å². The summed E-state index contributed by atoms with van der Waals surface area (Å²) in [6, 6.07) is 2.53. The fourth-order valence-corrected chi connectivity index (χ4v) is 2.85. The minimum atomic E-state index is -4.47. The first-order valence-electron chi connectivity index (χ1n) is 5.32. The zero-order valence-electron chi connectivity index (χ0n) is 10.2. The number of aliphatic carboxylic acids is 1. The van der Waals surface area contributed by atoms with Crippen LogP contribution in [0.1, 0.15) is 12.5 Å². The lowest BCUT2D eigenvalue weighted by molar-refractivity contribution is -0.141. The molecule has 2 atom stereocenters. The highest BCUT2D eigenvalue weighted by molar-refractivity contribution is 7.89. The lowest BCUT2D eigenvalue weighted by Crippen LogP contribution is -2.47. The van der Waals surface area contributed by atoms with Crippen molar-refractivity contribution in [2.24, 2.45) is 0 Å². The fourth-order valence-electron chi connectivity index (χ4n) is 1.42. The zero-order valence-corrected chi connectivity index (χ0v) is 11.1. The van der Waals surface area contributed by atoms with E-state index >= 15 is 0 Å². The van der Waals surface area contributed by atoms with Gasteiger partial charge in [0.05, 0.1) is 6.10 Å². The molecule has 0 amide bonds. The van der Waals surface area contributed by atoms with Crippen molar-refractivity contribution in [3.63, 3.8) is 0 Å². The molecule has 108 valence electrons. The number of aliphatic hydroxyl groups excluding tert-OH is 1. The molecule has 3 N–H and O–H groups in total. The molecule has 0 aromatic heterocycles. The molecule has 1 rings (SSSR count). The minimum absolute atomic E-state index is 0.688. The van der Waals surface area contributed by atoms with E-state index < -0.39 is 44.4 Å². The van der Waals surface area contributed by atoms with Gasteiger partial charge in [0.2, 0.25) is 10.0 Å². The fraction of sp³-hybridized carbons (Fsp3) is 0.273. The number of carbonyl (C=O) groups is 1. The largest absolute Gasteiger partial charge is 0.480 e. The first-order valence-corrected chi connectivity index (χ1v) is 6.81. The predicted molar refractivity (Wildman–Crippen MR) is 64.5 cm³/mol. The summed E-state index contributed by atoms with van der Waals surface area (Å²) in [6.45, 7) is 1.08. The number of benzene rings is 1. The Morgan fingerprint density at radius 1 is 1.50 bits per heavy atom. The number of hydrogen-bond acceptors (Lipinski definition) is 5. The highest BCUT2D eigenvalue weighted by atomic mass is 32.2. The van der Waals surface area contributed by atoms with Gasteiger partial charge in [-0.2, -0.15) is 9.98 Å². The van der Waals surface area contributed by atoms with Gasteiger partial charge < -0.3 is 10.2 Å². The molecule has 0 aliphatic carbocycles. The van der Waals surface area contributed by atoms with E-state index in [0.717, 1.165) is 25.1 Å². The molecule has 0 spiro atoms. The molecular weight excluding hydrogens is 291 g/mol. The molecule has 0 fully saturated rings. The maximum Gasteiger partial charge on any atom is 0.324 e. The Hall–Kier alpha value is -2.02. The average molecular weight is 302 g/mol. The summed E-state index contributed by atoms with van der Waals surface area (Å²) in [5.74, 6) is -2.64. The van der Waals surface area contributed by atoms with Crippen molar-refractivity contribution >= 4 is 16.0 Å². The van der Waals surface area contributed by atoms with Crippen LogP contribution in [-0.2, 0) is 14.8 Å². The van der Waals surface area contributed by atoms with Gasteiger partial charge in [0, 0.05) is 0 Å². The summed E-state index contributed by atoms with van der Waals surface area (Å²) in [5, 5.41) is 26.8. The van der Waals surface area contributed by atoms with Crippen molar-refractivity contribution in [2.45, 2.75) is 24.0 Å². The molecule has 1 aromatic carbocycles. The van der Waals surface area contributed by atoms with Gasteiger partial charge in [-0.25, -0.2) is 12.8 Å². The monoisotopic (exact) mass is 302 g/mol. The molecule has 0 radical (unpaired) electrons. The zero-order chi connectivity index (χ0) is 15.5. The Bertz CT molecular complexity index is 666. The van der Waals surface area contributed by atoms with E-state index in [2.05, 4.69) is 0 Å². The Labute approximate surface area is 114 Å². The second kappa shape index (κ2) is 5.96. The van der Waals surface area contributed by atoms with E-state index in [-0.39, 0.29) is 0 Å². The van der Waals surface area contributed by atoms with E-state index in [1.54, 1.807) is 4.72 Å². The summed E-state index contributed by atoms with van der Waals surface area (Å²) in [5.41, 5.74) is -0.727. The molecule has 0 heterocycles. The number of nitrogens with one attached hydrogen (secondary N) is 1. The molecule has 1 aromatic rings. The van der Waals surface area contributed by atoms with Crippen LogP contribution in [0.15, 0.2) is 23.1 Å². The third-order valence-corrected chi connectivity index (χ3v) is 3.89. The number of hydrogen-bond donors (Lipinski definition) is 3. The highest BCUT2D eigenvalue weighted by Crippen LogP contribution is 2.18. The van der Waals surface area contributed by atoms with Crippen LogP contribution in [-0.4, -0.2) is 36.7 Å². The molecule has 0 unspecified atom stereocenters. The van der Waals surface area contributed by atoms with Gasteiger partial charge >= 0.3 is 5.97 Å². The van der Waals surface area contributed by atoms with E-state index in [1.165, 1.54) is 6.07 Å². The van der Waals surface area contributed by atoms with Gasteiger partial charge in [0.25, 0.3) is 0 Å². The average Bonchev–Trinajstić information content (AvgIpc) is 2.35. The van der Waals surface area contributed by atoms with Crippen LogP contribution in [0.4, 0.5) is 4.39 Å². The Balaban J connectivity index is 3.29. The van der Waals surface area contributed by atoms with Gasteiger partial charge in [-0.15, -0.1) is 0 Å². The first-order chi connectivity index (χ1) is 9.20.